The van der Waals surface area contributed by atoms with Crippen LogP contribution in [0.2, 0.25) is 0 Å². The SMILES string of the molecule is Cc1cccc(C)c1C(=N)c1cc2ccc1CCc1ccc(cc1)CC2. The molecule has 0 saturated carbocycles. The normalized spacial score (nSPS) is 13.3. The van der Waals surface area contributed by atoms with Gasteiger partial charge in [0.25, 0.3) is 0 Å². The second-order valence-electron chi connectivity index (χ2n) is 7.45. The maximum atomic E-state index is 8.98. The van der Waals surface area contributed by atoms with Crippen LogP contribution in [0.5, 0.6) is 0 Å². The Kier molecular flexibility index (Phi) is 4.46. The summed E-state index contributed by atoms with van der Waals surface area (Å²) in [5.41, 5.74) is 10.6. The lowest BCUT2D eigenvalue weighted by Crippen LogP contribution is -2.11. The van der Waals surface area contributed by atoms with E-state index in [4.69, 9.17) is 5.41 Å². The average Bonchev–Trinajstić information content (AvgIpc) is 2.63. The third kappa shape index (κ3) is 3.22. The Morgan fingerprint density at radius 2 is 1.23 bits per heavy atom. The molecule has 130 valence electrons. The molecule has 0 fully saturated rings. The lowest BCUT2D eigenvalue weighted by molar-refractivity contribution is 0.919. The maximum absolute atomic E-state index is 8.98. The van der Waals surface area contributed by atoms with Gasteiger partial charge in [0, 0.05) is 11.1 Å². The zero-order valence-corrected chi connectivity index (χ0v) is 15.6. The van der Waals surface area contributed by atoms with Gasteiger partial charge in [0.2, 0.25) is 0 Å². The molecule has 4 aliphatic carbocycles. The molecule has 3 aromatic carbocycles. The molecule has 0 saturated heterocycles. The molecule has 26 heavy (non-hydrogen) atoms. The summed E-state index contributed by atoms with van der Waals surface area (Å²) in [5, 5.41) is 8.98. The van der Waals surface area contributed by atoms with Crippen molar-refractivity contribution in [2.24, 2.45) is 0 Å². The Labute approximate surface area is 156 Å². The third-order valence-corrected chi connectivity index (χ3v) is 5.58. The van der Waals surface area contributed by atoms with Crippen LogP contribution in [0.4, 0.5) is 0 Å². The van der Waals surface area contributed by atoms with E-state index in [9.17, 15) is 0 Å². The van der Waals surface area contributed by atoms with Crippen molar-refractivity contribution < 1.29 is 0 Å². The Bertz CT molecular complexity index is 944. The first-order valence-corrected chi connectivity index (χ1v) is 9.47. The molecule has 0 unspecified atom stereocenters. The van der Waals surface area contributed by atoms with E-state index in [-0.39, 0.29) is 0 Å². The zero-order chi connectivity index (χ0) is 18.1. The zero-order valence-electron chi connectivity index (χ0n) is 15.6. The number of hydrogen-bond donors (Lipinski definition) is 1. The third-order valence-electron chi connectivity index (χ3n) is 5.58. The standard InChI is InChI=1S/C25H25N/c1-17-4-3-5-18(2)24(17)25(26)23-16-21-11-10-19-6-8-20(9-7-19)12-14-22(23)15-13-21/h3-9,13,15-16,26H,10-12,14H2,1-2H3. The van der Waals surface area contributed by atoms with Crippen LogP contribution in [-0.4, -0.2) is 5.71 Å². The fourth-order valence-corrected chi connectivity index (χ4v) is 4.01. The van der Waals surface area contributed by atoms with Gasteiger partial charge in [0.05, 0.1) is 5.71 Å². The molecule has 0 amide bonds. The van der Waals surface area contributed by atoms with Crippen molar-refractivity contribution in [3.05, 3.63) is 105 Å². The molecule has 0 spiro atoms. The molecule has 7 rings (SSSR count). The highest BCUT2D eigenvalue weighted by atomic mass is 14.4. The van der Waals surface area contributed by atoms with Crippen LogP contribution in [-0.2, 0) is 25.7 Å². The summed E-state index contributed by atoms with van der Waals surface area (Å²) in [5.74, 6) is 0. The van der Waals surface area contributed by atoms with E-state index in [1.54, 1.807) is 0 Å². The first-order chi connectivity index (χ1) is 12.6. The van der Waals surface area contributed by atoms with Crippen LogP contribution in [0.25, 0.3) is 0 Å². The quantitative estimate of drug-likeness (QED) is 0.587. The lowest BCUT2D eigenvalue weighted by Gasteiger charge is -2.17. The van der Waals surface area contributed by atoms with Crippen molar-refractivity contribution >= 4 is 5.71 Å². The summed E-state index contributed by atoms with van der Waals surface area (Å²) in [6, 6.07) is 22.1. The van der Waals surface area contributed by atoms with Crippen molar-refractivity contribution in [1.29, 1.82) is 5.41 Å². The molecule has 4 aliphatic rings. The fraction of sp³-hybridized carbons (Fsp3) is 0.240. The molecule has 0 aliphatic heterocycles. The first-order valence-electron chi connectivity index (χ1n) is 9.47. The topological polar surface area (TPSA) is 23.9 Å². The van der Waals surface area contributed by atoms with Crippen LogP contribution in [0.15, 0.2) is 60.7 Å². The van der Waals surface area contributed by atoms with E-state index >= 15 is 0 Å². The molecule has 4 bridgehead atoms. The second kappa shape index (κ2) is 6.92. The Morgan fingerprint density at radius 3 is 1.88 bits per heavy atom. The van der Waals surface area contributed by atoms with Crippen LogP contribution in [0.1, 0.15) is 44.5 Å². The first kappa shape index (κ1) is 16.8. The predicted molar refractivity (Wildman–Crippen MR) is 110 cm³/mol. The van der Waals surface area contributed by atoms with Gasteiger partial charge in [-0.1, -0.05) is 54.6 Å². The predicted octanol–water partition coefficient (Wildman–Crippen LogP) is 5.60. The number of nitrogens with one attached hydrogen (secondary N) is 1. The Hall–Kier alpha value is -2.67. The van der Waals surface area contributed by atoms with Crippen LogP contribution in [0, 0.1) is 19.3 Å². The number of aryl methyl sites for hydroxylation is 6. The van der Waals surface area contributed by atoms with Gasteiger partial charge in [0.15, 0.2) is 0 Å². The number of hydrogen-bond acceptors (Lipinski definition) is 1. The summed E-state index contributed by atoms with van der Waals surface area (Å²) < 4.78 is 0. The van der Waals surface area contributed by atoms with Gasteiger partial charge >= 0.3 is 0 Å². The van der Waals surface area contributed by atoms with Gasteiger partial charge in [-0.05, 0) is 79.0 Å². The second-order valence-corrected chi connectivity index (χ2v) is 7.45. The smallest absolute Gasteiger partial charge is 0.0692 e. The number of benzene rings is 3. The van der Waals surface area contributed by atoms with Crippen molar-refractivity contribution in [2.75, 3.05) is 0 Å². The minimum absolute atomic E-state index is 0.670. The summed E-state index contributed by atoms with van der Waals surface area (Å²) in [4.78, 5) is 0. The van der Waals surface area contributed by atoms with Crippen molar-refractivity contribution in [3.63, 3.8) is 0 Å². The molecule has 0 atom stereocenters. The average molecular weight is 339 g/mol. The van der Waals surface area contributed by atoms with E-state index in [0.29, 0.717) is 5.71 Å². The van der Waals surface area contributed by atoms with E-state index in [0.717, 1.165) is 36.8 Å². The molecule has 1 nitrogen and oxygen atoms in total. The fourth-order valence-electron chi connectivity index (χ4n) is 4.01. The minimum atomic E-state index is 0.670. The molecule has 3 aromatic rings. The van der Waals surface area contributed by atoms with Gasteiger partial charge in [-0.25, -0.2) is 0 Å². The van der Waals surface area contributed by atoms with Gasteiger partial charge in [-0.2, -0.15) is 0 Å². The monoisotopic (exact) mass is 339 g/mol. The summed E-state index contributed by atoms with van der Waals surface area (Å²) in [6.07, 6.45) is 4.07. The van der Waals surface area contributed by atoms with Crippen molar-refractivity contribution in [1.82, 2.24) is 0 Å². The highest BCUT2D eigenvalue weighted by Gasteiger charge is 2.15. The summed E-state index contributed by atoms with van der Waals surface area (Å²) in [7, 11) is 0. The van der Waals surface area contributed by atoms with E-state index < -0.39 is 0 Å². The maximum Gasteiger partial charge on any atom is 0.0692 e. The van der Waals surface area contributed by atoms with Crippen molar-refractivity contribution in [3.8, 4) is 0 Å². The number of rotatable bonds is 2. The van der Waals surface area contributed by atoms with Gasteiger partial charge in [-0.15, -0.1) is 0 Å². The van der Waals surface area contributed by atoms with E-state index in [1.165, 1.54) is 33.4 Å². The van der Waals surface area contributed by atoms with Crippen molar-refractivity contribution in [2.45, 2.75) is 39.5 Å². The molecule has 1 N–H and O–H groups in total. The van der Waals surface area contributed by atoms with Crippen LogP contribution >= 0.6 is 0 Å². The molecular formula is C25H25N. The molecular weight excluding hydrogens is 314 g/mol. The van der Waals surface area contributed by atoms with Gasteiger partial charge in [0.1, 0.15) is 0 Å². The molecule has 1 heteroatoms. The summed E-state index contributed by atoms with van der Waals surface area (Å²) in [6.45, 7) is 4.22. The molecule has 0 radical (unpaired) electrons. The Morgan fingerprint density at radius 1 is 0.692 bits per heavy atom. The van der Waals surface area contributed by atoms with Crippen LogP contribution in [0.3, 0.4) is 0 Å². The van der Waals surface area contributed by atoms with Gasteiger partial charge < -0.3 is 0 Å². The highest BCUT2D eigenvalue weighted by molar-refractivity contribution is 6.13. The lowest BCUT2D eigenvalue weighted by atomic mass is 9.87. The van der Waals surface area contributed by atoms with E-state index in [1.807, 2.05) is 0 Å². The molecule has 0 heterocycles. The highest BCUT2D eigenvalue weighted by Crippen LogP contribution is 2.24. The largest absolute Gasteiger partial charge is 0.300 e. The van der Waals surface area contributed by atoms with Crippen LogP contribution < -0.4 is 0 Å². The molecule has 0 aromatic heterocycles. The van der Waals surface area contributed by atoms with Gasteiger partial charge in [-0.3, -0.25) is 5.41 Å². The van der Waals surface area contributed by atoms with E-state index in [2.05, 4.69) is 74.5 Å². The summed E-state index contributed by atoms with van der Waals surface area (Å²) >= 11 is 0. The minimum Gasteiger partial charge on any atom is -0.300 e. The Balaban J connectivity index is 1.79.